The summed E-state index contributed by atoms with van der Waals surface area (Å²) in [6.07, 6.45) is -1.17. The Balaban J connectivity index is 2.13. The number of primary amides is 1. The Bertz CT molecular complexity index is 715. The molecule has 0 aliphatic carbocycles. The smallest absolute Gasteiger partial charge is 0.311 e. The number of nitrogens with two attached hydrogens (primary N) is 1. The number of carbonyl (C=O) groups is 2. The molecular weight excluding hydrogens is 310 g/mol. The fraction of sp³-hybridized carbons (Fsp3) is 0.222. The van der Waals surface area contributed by atoms with E-state index in [9.17, 15) is 9.59 Å². The van der Waals surface area contributed by atoms with Gasteiger partial charge in [-0.25, -0.2) is 0 Å². The standard InChI is InChI=1S/C18H19NO5/c1-22-14-9-8-13(15(11-14)23-2)10-16(20)24-17(18(19)21)12-6-4-3-5-7-12/h3-9,11,17H,10H2,1-2H3,(H2,19,21). The summed E-state index contributed by atoms with van der Waals surface area (Å²) in [4.78, 5) is 23.8. The minimum absolute atomic E-state index is 0.0518. The molecule has 6 heteroatoms. The molecule has 1 unspecified atom stereocenters. The highest BCUT2D eigenvalue weighted by atomic mass is 16.5. The summed E-state index contributed by atoms with van der Waals surface area (Å²) in [5, 5.41) is 0. The molecule has 0 saturated heterocycles. The summed E-state index contributed by atoms with van der Waals surface area (Å²) in [7, 11) is 3.04. The van der Waals surface area contributed by atoms with Crippen molar-refractivity contribution in [3.8, 4) is 11.5 Å². The molecular formula is C18H19NO5. The van der Waals surface area contributed by atoms with Gasteiger partial charge in [0.25, 0.3) is 5.91 Å². The zero-order chi connectivity index (χ0) is 17.5. The van der Waals surface area contributed by atoms with E-state index in [1.807, 2.05) is 0 Å². The van der Waals surface area contributed by atoms with E-state index >= 15 is 0 Å². The van der Waals surface area contributed by atoms with Crippen LogP contribution in [0.25, 0.3) is 0 Å². The summed E-state index contributed by atoms with van der Waals surface area (Å²) in [5.74, 6) is -0.188. The van der Waals surface area contributed by atoms with Gasteiger partial charge < -0.3 is 19.9 Å². The van der Waals surface area contributed by atoms with E-state index in [4.69, 9.17) is 19.9 Å². The van der Waals surface area contributed by atoms with Crippen LogP contribution in [0.1, 0.15) is 17.2 Å². The zero-order valence-electron chi connectivity index (χ0n) is 13.5. The van der Waals surface area contributed by atoms with Crippen molar-refractivity contribution in [3.63, 3.8) is 0 Å². The second-order valence-electron chi connectivity index (χ2n) is 5.04. The quantitative estimate of drug-likeness (QED) is 0.785. The van der Waals surface area contributed by atoms with Crippen molar-refractivity contribution in [2.45, 2.75) is 12.5 Å². The van der Waals surface area contributed by atoms with Crippen LogP contribution in [0, 0.1) is 0 Å². The Morgan fingerprint density at radius 3 is 2.33 bits per heavy atom. The van der Waals surface area contributed by atoms with E-state index in [1.165, 1.54) is 7.11 Å². The Kier molecular flexibility index (Phi) is 5.78. The number of hydrogen-bond acceptors (Lipinski definition) is 5. The molecule has 0 aliphatic heterocycles. The molecule has 0 fully saturated rings. The Morgan fingerprint density at radius 2 is 1.75 bits per heavy atom. The van der Waals surface area contributed by atoms with Crippen molar-refractivity contribution in [2.24, 2.45) is 5.73 Å². The van der Waals surface area contributed by atoms with Gasteiger partial charge in [-0.15, -0.1) is 0 Å². The van der Waals surface area contributed by atoms with E-state index in [2.05, 4.69) is 0 Å². The fourth-order valence-corrected chi connectivity index (χ4v) is 2.24. The molecule has 0 bridgehead atoms. The lowest BCUT2D eigenvalue weighted by Crippen LogP contribution is -2.26. The molecule has 0 saturated carbocycles. The molecule has 2 aromatic carbocycles. The molecule has 6 nitrogen and oxygen atoms in total. The van der Waals surface area contributed by atoms with Crippen LogP contribution in [0.5, 0.6) is 11.5 Å². The van der Waals surface area contributed by atoms with Gasteiger partial charge in [0.05, 0.1) is 20.6 Å². The molecule has 1 amide bonds. The molecule has 0 aromatic heterocycles. The second kappa shape index (κ2) is 8.01. The van der Waals surface area contributed by atoms with Gasteiger partial charge in [-0.05, 0) is 6.07 Å². The first-order valence-corrected chi connectivity index (χ1v) is 7.29. The third-order valence-corrected chi connectivity index (χ3v) is 3.44. The number of hydrogen-bond donors (Lipinski definition) is 1. The van der Waals surface area contributed by atoms with Gasteiger partial charge in [0.15, 0.2) is 0 Å². The Morgan fingerprint density at radius 1 is 1.04 bits per heavy atom. The zero-order valence-corrected chi connectivity index (χ0v) is 13.5. The maximum absolute atomic E-state index is 12.2. The van der Waals surface area contributed by atoms with Crippen LogP contribution in [0.3, 0.4) is 0 Å². The normalized spacial score (nSPS) is 11.4. The van der Waals surface area contributed by atoms with Crippen molar-refractivity contribution >= 4 is 11.9 Å². The summed E-state index contributed by atoms with van der Waals surface area (Å²) in [6, 6.07) is 13.7. The molecule has 0 heterocycles. The first kappa shape index (κ1) is 17.3. The largest absolute Gasteiger partial charge is 0.497 e. The van der Waals surface area contributed by atoms with E-state index in [-0.39, 0.29) is 6.42 Å². The average molecular weight is 329 g/mol. The average Bonchev–Trinajstić information content (AvgIpc) is 2.60. The van der Waals surface area contributed by atoms with Crippen molar-refractivity contribution in [1.82, 2.24) is 0 Å². The monoisotopic (exact) mass is 329 g/mol. The van der Waals surface area contributed by atoms with E-state index in [0.717, 1.165) is 0 Å². The van der Waals surface area contributed by atoms with Gasteiger partial charge in [0, 0.05) is 17.2 Å². The van der Waals surface area contributed by atoms with Crippen LogP contribution in [-0.4, -0.2) is 26.1 Å². The SMILES string of the molecule is COc1ccc(CC(=O)OC(C(N)=O)c2ccccc2)c(OC)c1. The lowest BCUT2D eigenvalue weighted by Gasteiger charge is -2.16. The molecule has 2 aromatic rings. The van der Waals surface area contributed by atoms with Crippen molar-refractivity contribution in [3.05, 3.63) is 59.7 Å². The van der Waals surface area contributed by atoms with Gasteiger partial charge >= 0.3 is 5.97 Å². The van der Waals surface area contributed by atoms with Gasteiger partial charge in [0.1, 0.15) is 11.5 Å². The van der Waals surface area contributed by atoms with E-state index in [0.29, 0.717) is 22.6 Å². The molecule has 2 rings (SSSR count). The summed E-state index contributed by atoms with van der Waals surface area (Å²) >= 11 is 0. The molecule has 2 N–H and O–H groups in total. The van der Waals surface area contributed by atoms with Crippen molar-refractivity contribution < 1.29 is 23.8 Å². The summed E-state index contributed by atoms with van der Waals surface area (Å²) in [5.41, 5.74) is 6.50. The Labute approximate surface area is 140 Å². The predicted molar refractivity (Wildman–Crippen MR) is 87.7 cm³/mol. The van der Waals surface area contributed by atoms with Gasteiger partial charge in [0.2, 0.25) is 6.10 Å². The molecule has 1 atom stereocenters. The molecule has 0 aliphatic rings. The van der Waals surface area contributed by atoms with Crippen LogP contribution >= 0.6 is 0 Å². The minimum Gasteiger partial charge on any atom is -0.497 e. The first-order valence-electron chi connectivity index (χ1n) is 7.29. The van der Waals surface area contributed by atoms with Crippen LogP contribution < -0.4 is 15.2 Å². The lowest BCUT2D eigenvalue weighted by molar-refractivity contribution is -0.154. The molecule has 126 valence electrons. The van der Waals surface area contributed by atoms with Crippen molar-refractivity contribution in [1.29, 1.82) is 0 Å². The second-order valence-corrected chi connectivity index (χ2v) is 5.04. The van der Waals surface area contributed by atoms with Crippen molar-refractivity contribution in [2.75, 3.05) is 14.2 Å². The summed E-state index contributed by atoms with van der Waals surface area (Å²) < 4.78 is 15.6. The first-order chi connectivity index (χ1) is 11.5. The number of ether oxygens (including phenoxy) is 3. The van der Waals surface area contributed by atoms with Gasteiger partial charge in [-0.2, -0.15) is 0 Å². The third-order valence-electron chi connectivity index (χ3n) is 3.44. The van der Waals surface area contributed by atoms with Crippen LogP contribution in [-0.2, 0) is 20.7 Å². The highest BCUT2D eigenvalue weighted by Gasteiger charge is 2.23. The summed E-state index contributed by atoms with van der Waals surface area (Å²) in [6.45, 7) is 0. The van der Waals surface area contributed by atoms with Crippen LogP contribution in [0.4, 0.5) is 0 Å². The number of carbonyl (C=O) groups excluding carboxylic acids is 2. The fourth-order valence-electron chi connectivity index (χ4n) is 2.24. The molecule has 24 heavy (non-hydrogen) atoms. The Hall–Kier alpha value is -3.02. The van der Waals surface area contributed by atoms with Gasteiger partial charge in [-0.1, -0.05) is 36.4 Å². The third kappa shape index (κ3) is 4.25. The van der Waals surface area contributed by atoms with Crippen LogP contribution in [0.15, 0.2) is 48.5 Å². The van der Waals surface area contributed by atoms with E-state index < -0.39 is 18.0 Å². The highest BCUT2D eigenvalue weighted by Crippen LogP contribution is 2.26. The number of benzene rings is 2. The number of rotatable bonds is 7. The number of esters is 1. The maximum Gasteiger partial charge on any atom is 0.311 e. The predicted octanol–water partition coefficient (Wildman–Crippen LogP) is 2.02. The van der Waals surface area contributed by atoms with Crippen LogP contribution in [0.2, 0.25) is 0 Å². The lowest BCUT2D eigenvalue weighted by atomic mass is 10.1. The topological polar surface area (TPSA) is 87.9 Å². The minimum atomic E-state index is -1.12. The number of amides is 1. The van der Waals surface area contributed by atoms with Gasteiger partial charge in [-0.3, -0.25) is 9.59 Å². The maximum atomic E-state index is 12.2. The molecule has 0 spiro atoms. The molecule has 0 radical (unpaired) electrons. The highest BCUT2D eigenvalue weighted by molar-refractivity contribution is 5.84. The number of methoxy groups -OCH3 is 2. The van der Waals surface area contributed by atoms with E-state index in [1.54, 1.807) is 55.6 Å².